The van der Waals surface area contributed by atoms with Crippen molar-refractivity contribution in [1.82, 2.24) is 0 Å². The number of benzene rings is 27. The van der Waals surface area contributed by atoms with Crippen molar-refractivity contribution in [3.8, 4) is 100 Å². The predicted molar refractivity (Wildman–Crippen MR) is 600 cm³/mol. The van der Waals surface area contributed by atoms with E-state index in [1.165, 1.54) is 0 Å². The van der Waals surface area contributed by atoms with Crippen LogP contribution in [0, 0.1) is 0 Å². The Hall–Kier alpha value is -18.5. The van der Waals surface area contributed by atoms with Crippen LogP contribution in [0.25, 0.3) is 295 Å². The molecule has 0 aliphatic carbocycles. The number of furan rings is 3. The Bertz CT molecular complexity index is 11700. The normalized spacial score (nSPS) is 14.2. The zero-order chi connectivity index (χ0) is 114. The minimum absolute atomic E-state index is 0.165. The molecule has 3 nitrogen and oxygen atoms in total. The van der Waals surface area contributed by atoms with Gasteiger partial charge >= 0.3 is 0 Å². The highest BCUT2D eigenvalue weighted by molar-refractivity contribution is 6.31. The van der Waals surface area contributed by atoms with Crippen molar-refractivity contribution in [2.45, 2.75) is 0 Å². The summed E-state index contributed by atoms with van der Waals surface area (Å²) in [6.45, 7) is 0. The van der Waals surface area contributed by atoms with Crippen LogP contribution < -0.4 is 0 Å². The fraction of sp³-hybridized carbons (Fsp3) is 0. The van der Waals surface area contributed by atoms with E-state index in [1.807, 2.05) is 243 Å². The quantitative estimate of drug-likeness (QED) is 0.107. The fourth-order valence-corrected chi connectivity index (χ4v) is 21.9. The molecule has 0 bridgehead atoms. The number of fused-ring (bicyclic) bond motifs is 24. The third-order valence-electron chi connectivity index (χ3n) is 27.9. The maximum absolute atomic E-state index is 9.45. The molecule has 0 unspecified atom stereocenters. The average molecular weight is 1810 g/mol. The zero-order valence-corrected chi connectivity index (χ0v) is 74.9. The van der Waals surface area contributed by atoms with E-state index in [0.717, 1.165) is 114 Å². The largest absolute Gasteiger partial charge is 0.456 e. The van der Waals surface area contributed by atoms with Gasteiger partial charge in [-0.25, -0.2) is 0 Å². The molecule has 0 spiro atoms. The maximum atomic E-state index is 9.45. The summed E-state index contributed by atoms with van der Waals surface area (Å²) in [7, 11) is 0. The Morgan fingerprint density at radius 2 is 0.397 bits per heavy atom. The fourth-order valence-electron chi connectivity index (χ4n) is 21.9. The molecule has 27 aromatic carbocycles. The molecule has 0 fully saturated rings. The Balaban J connectivity index is 0.000000116. The van der Waals surface area contributed by atoms with Gasteiger partial charge in [-0.3, -0.25) is 0 Å². The second kappa shape index (κ2) is 33.2. The van der Waals surface area contributed by atoms with Crippen molar-refractivity contribution in [3.63, 3.8) is 0 Å². The van der Waals surface area contributed by atoms with E-state index in [1.54, 1.807) is 18.2 Å². The Kier molecular flexibility index (Phi) is 14.1. The summed E-state index contributed by atoms with van der Waals surface area (Å²) in [5, 5.41) is 19.7. The van der Waals surface area contributed by atoms with Gasteiger partial charge in [-0.2, -0.15) is 0 Å². The van der Waals surface area contributed by atoms with Crippen molar-refractivity contribution < 1.29 is 46.1 Å². The van der Waals surface area contributed by atoms with Gasteiger partial charge in [0.2, 0.25) is 0 Å². The van der Waals surface area contributed by atoms with Gasteiger partial charge in [0, 0.05) is 32.3 Å². The standard InChI is InChI=1S/3C46H28O/c1-2-16-33-29(12-1)26-27-30-13-10-22-34(43(30)33)31-14-9-15-32(28-31)44-35-17-3-5-19-37(35)45(38-20-6-4-18-36(38)44)40-23-11-25-42-46(40)39-21-7-8-24-41(39)47-42;1-2-12-32-29(11-1)27-28-35-33(18-9-19-34(32)35)30-23-25-31(26-24-30)44-36-13-3-5-15-38(36)45(39-16-6-4-14-37(39)44)41-20-10-22-43-46(41)40-17-7-8-21-42(40)47-43;1-2-13-32-31(12-1)28-41(34-15-4-3-14-33(32)34)29-24-26-30(27-25-29)44-35-16-5-7-18-37(35)45(38-19-8-6-17-36(38)44)40-21-11-23-43-46(40)39-20-9-10-22-42(39)47-43/h3*1-28H/i3D,4D,5D,6D,17D,18D,19D,20D;3D,4D,5D,6D,13D,14D,15D,16D;5D,6D,7D,8D,16D,17D,18D,19D. The van der Waals surface area contributed by atoms with Crippen molar-refractivity contribution in [2.75, 3.05) is 0 Å². The Morgan fingerprint density at radius 1 is 0.128 bits per heavy atom. The van der Waals surface area contributed by atoms with Crippen molar-refractivity contribution >= 4 is 195 Å². The molecule has 0 aliphatic heterocycles. The van der Waals surface area contributed by atoms with E-state index >= 15 is 0 Å². The third-order valence-corrected chi connectivity index (χ3v) is 27.9. The van der Waals surface area contributed by atoms with Gasteiger partial charge in [-0.05, 0) is 278 Å². The molecular formula is C138H84O3. The first-order valence-corrected chi connectivity index (χ1v) is 46.6. The number of hydrogen-bond donors (Lipinski definition) is 0. The predicted octanol–water partition coefficient (Wildman–Crippen LogP) is 39.6. The number of rotatable bonds is 9. The van der Waals surface area contributed by atoms with Gasteiger partial charge in [0.25, 0.3) is 0 Å². The average Bonchev–Trinajstić information content (AvgIpc) is 1.63. The van der Waals surface area contributed by atoms with Gasteiger partial charge in [0.05, 0.1) is 32.9 Å². The van der Waals surface area contributed by atoms with E-state index in [9.17, 15) is 16.4 Å². The highest BCUT2D eigenvalue weighted by atomic mass is 16.3. The van der Waals surface area contributed by atoms with Gasteiger partial charge in [0.1, 0.15) is 33.5 Å². The van der Waals surface area contributed by atoms with Crippen molar-refractivity contribution in [1.29, 1.82) is 0 Å². The number of hydrogen-bond acceptors (Lipinski definition) is 3. The molecule has 0 amide bonds. The Labute approximate surface area is 845 Å². The van der Waals surface area contributed by atoms with Gasteiger partial charge in [-0.15, -0.1) is 0 Å². The monoisotopic (exact) mass is 1810 g/mol. The lowest BCUT2D eigenvalue weighted by molar-refractivity contribution is 0.668. The lowest BCUT2D eigenvalue weighted by Gasteiger charge is -2.19. The van der Waals surface area contributed by atoms with E-state index in [2.05, 4.69) is 103 Å². The summed E-state index contributed by atoms with van der Waals surface area (Å²) < 4.78 is 238. The molecule has 0 atom stereocenters. The van der Waals surface area contributed by atoms with Gasteiger partial charge in [0.15, 0.2) is 0 Å². The lowest BCUT2D eigenvalue weighted by atomic mass is 9.84. The molecule has 3 heterocycles. The molecule has 141 heavy (non-hydrogen) atoms. The van der Waals surface area contributed by atoms with Crippen LogP contribution in [-0.2, 0) is 0 Å². The molecule has 0 radical (unpaired) electrons. The molecule has 3 heteroatoms. The SMILES string of the molecule is [2H]c1c([2H])c([2H])c2c(-c3cccc4oc5ccccc5c34)c3c([2H])c([2H])c([2H])c([2H])c3c(-c3ccc(-c4cc5ccccc5c5ccccc45)cc3)c2c1[2H].[2H]c1c([2H])c([2H])c2c(-c3cccc4oc5ccccc5c34)c3c([2H])c([2H])c([2H])c([2H])c3c(-c3ccc(-c4cccc5c4ccc4ccccc45)cc3)c2c1[2H].[2H]c1c([2H])c([2H])c2c(-c3cccc4oc5ccccc5c34)c3c([2H])c([2H])c([2H])c([2H])c3c(-c3cccc(-c4cccc5ccc6ccccc6c45)c3)c2c1[2H]. The van der Waals surface area contributed by atoms with Crippen molar-refractivity contribution in [2.24, 2.45) is 0 Å². The van der Waals surface area contributed by atoms with E-state index in [0.29, 0.717) is 116 Å². The van der Waals surface area contributed by atoms with Crippen molar-refractivity contribution in [3.05, 3.63) is 509 Å². The van der Waals surface area contributed by atoms with Crippen LogP contribution in [0.5, 0.6) is 0 Å². The van der Waals surface area contributed by atoms with Crippen LogP contribution in [0.2, 0.25) is 0 Å². The van der Waals surface area contributed by atoms with Gasteiger partial charge < -0.3 is 13.3 Å². The summed E-state index contributed by atoms with van der Waals surface area (Å²) >= 11 is 0. The van der Waals surface area contributed by atoms with E-state index in [4.69, 9.17) is 29.7 Å². The summed E-state index contributed by atoms with van der Waals surface area (Å²) in [4.78, 5) is 0. The molecule has 0 saturated carbocycles. The van der Waals surface area contributed by atoms with E-state index < -0.39 is 72.5 Å². The molecule has 30 rings (SSSR count). The summed E-state index contributed by atoms with van der Waals surface area (Å²) in [5.74, 6) is 0. The summed E-state index contributed by atoms with van der Waals surface area (Å²) in [6, 6.07) is 109. The molecule has 0 aliphatic rings. The summed E-state index contributed by atoms with van der Waals surface area (Å²) in [5.41, 5.74) is 14.3. The molecule has 654 valence electrons. The lowest BCUT2D eigenvalue weighted by Crippen LogP contribution is -1.92. The maximum Gasteiger partial charge on any atom is 0.136 e. The Morgan fingerprint density at radius 3 is 0.844 bits per heavy atom. The van der Waals surface area contributed by atoms with Crippen LogP contribution in [0.3, 0.4) is 0 Å². The first kappa shape index (κ1) is 60.0. The smallest absolute Gasteiger partial charge is 0.136 e. The van der Waals surface area contributed by atoms with Crippen LogP contribution in [0.1, 0.15) is 32.9 Å². The second-order valence-corrected chi connectivity index (χ2v) is 35.4. The second-order valence-electron chi connectivity index (χ2n) is 35.4. The van der Waals surface area contributed by atoms with Crippen LogP contribution in [-0.4, -0.2) is 0 Å². The molecule has 0 N–H and O–H groups in total. The van der Waals surface area contributed by atoms with Crippen LogP contribution >= 0.6 is 0 Å². The highest BCUT2D eigenvalue weighted by Crippen LogP contribution is 2.54. The molecule has 0 saturated heterocycles. The highest BCUT2D eigenvalue weighted by Gasteiger charge is 2.27. The molecule has 3 aromatic heterocycles. The van der Waals surface area contributed by atoms with Crippen LogP contribution in [0.4, 0.5) is 0 Å². The minimum atomic E-state index is -0.439. The van der Waals surface area contributed by atoms with Crippen LogP contribution in [0.15, 0.2) is 522 Å². The molecular weight excluding hydrogens is 1710 g/mol. The molecule has 30 aromatic rings. The third kappa shape index (κ3) is 13.2. The topological polar surface area (TPSA) is 39.4 Å². The summed E-state index contributed by atoms with van der Waals surface area (Å²) in [6.07, 6.45) is 0. The van der Waals surface area contributed by atoms with Gasteiger partial charge in [-0.1, -0.05) is 460 Å². The first-order chi connectivity index (χ1) is 80.0. The minimum Gasteiger partial charge on any atom is -0.456 e. The zero-order valence-electron chi connectivity index (χ0n) is 98.9. The number of para-hydroxylation sites is 3. The first-order valence-electron chi connectivity index (χ1n) is 58.6. The van der Waals surface area contributed by atoms with E-state index in [-0.39, 0.29) is 137 Å².